The highest BCUT2D eigenvalue weighted by Crippen LogP contribution is 2.25. The Bertz CT molecular complexity index is 1070. The molecule has 0 spiro atoms. The smallest absolute Gasteiger partial charge is 0.257 e. The van der Waals surface area contributed by atoms with Gasteiger partial charge in [0, 0.05) is 43.2 Å². The Kier molecular flexibility index (Phi) is 5.96. The molecule has 0 saturated carbocycles. The number of hydrogen-bond acceptors (Lipinski definition) is 7. The molecule has 3 heterocycles. The van der Waals surface area contributed by atoms with Gasteiger partial charge in [-0.3, -0.25) is 9.78 Å². The topological polar surface area (TPSA) is 91.2 Å². The van der Waals surface area contributed by atoms with Crippen LogP contribution in [0.4, 0.5) is 11.4 Å². The van der Waals surface area contributed by atoms with Crippen molar-refractivity contribution < 1.29 is 9.35 Å². The molecular formula is C22H23N5O2S. The van der Waals surface area contributed by atoms with Gasteiger partial charge >= 0.3 is 0 Å². The van der Waals surface area contributed by atoms with Gasteiger partial charge in [0.2, 0.25) is 5.16 Å². The number of amides is 1. The van der Waals surface area contributed by atoms with E-state index in [0.717, 1.165) is 35.6 Å². The molecule has 4 rings (SSSR count). The molecule has 3 aromatic rings. The van der Waals surface area contributed by atoms with Gasteiger partial charge in [-0.25, -0.2) is 9.97 Å². The molecule has 1 aliphatic rings. The van der Waals surface area contributed by atoms with E-state index in [1.807, 2.05) is 24.3 Å². The van der Waals surface area contributed by atoms with Crippen LogP contribution < -0.4 is 10.2 Å². The van der Waals surface area contributed by atoms with Crippen molar-refractivity contribution in [3.8, 4) is 0 Å². The second-order valence-corrected chi connectivity index (χ2v) is 8.10. The number of fused-ring (bicyclic) bond motifs is 1. The summed E-state index contributed by atoms with van der Waals surface area (Å²) in [6.45, 7) is 5.64. The van der Waals surface area contributed by atoms with Crippen LogP contribution in [0.3, 0.4) is 0 Å². The Labute approximate surface area is 179 Å². The second kappa shape index (κ2) is 8.81. The highest BCUT2D eigenvalue weighted by molar-refractivity contribution is 7.93. The normalized spacial score (nSPS) is 13.3. The summed E-state index contributed by atoms with van der Waals surface area (Å²) in [5.74, 6) is 0.209. The number of benzene rings is 1. The molecule has 0 bridgehead atoms. The van der Waals surface area contributed by atoms with Crippen LogP contribution in [0.5, 0.6) is 0 Å². The lowest BCUT2D eigenvalue weighted by atomic mass is 10.0. The molecular weight excluding hydrogens is 398 g/mol. The molecule has 154 valence electrons. The van der Waals surface area contributed by atoms with E-state index in [1.54, 1.807) is 18.6 Å². The van der Waals surface area contributed by atoms with Crippen LogP contribution in [-0.2, 0) is 13.0 Å². The van der Waals surface area contributed by atoms with Gasteiger partial charge in [0.1, 0.15) is 0 Å². The van der Waals surface area contributed by atoms with Crippen LogP contribution in [0.2, 0.25) is 0 Å². The van der Waals surface area contributed by atoms with Crippen molar-refractivity contribution in [1.82, 2.24) is 15.0 Å². The number of aromatic nitrogens is 3. The van der Waals surface area contributed by atoms with Gasteiger partial charge in [0.15, 0.2) is 0 Å². The van der Waals surface area contributed by atoms with Crippen molar-refractivity contribution in [2.45, 2.75) is 37.9 Å². The molecule has 0 fully saturated rings. The predicted octanol–water partition coefficient (Wildman–Crippen LogP) is 4.38. The minimum Gasteiger partial charge on any atom is -0.365 e. The maximum Gasteiger partial charge on any atom is 0.257 e. The lowest BCUT2D eigenvalue weighted by molar-refractivity contribution is 0.102. The first-order valence-electron chi connectivity index (χ1n) is 9.81. The Hall–Kier alpha value is -2.97. The monoisotopic (exact) mass is 421 g/mol. The number of nitrogens with zero attached hydrogens (tertiary/aromatic N) is 4. The third-order valence-corrected chi connectivity index (χ3v) is 5.52. The lowest BCUT2D eigenvalue weighted by Gasteiger charge is -2.29. The molecule has 7 nitrogen and oxygen atoms in total. The van der Waals surface area contributed by atoms with E-state index in [9.17, 15) is 4.79 Å². The standard InChI is InChI=1S/C22H23N5O2S/c1-14(2)15-4-3-5-18(8-15)25-21(28)16-9-19(12-23-10-16)27-7-6-20-17(13-27)11-24-22(26-20)30-29/h3-5,8-12,14,29H,6-7,13H2,1-2H3,(H,25,28). The zero-order valence-electron chi connectivity index (χ0n) is 16.9. The molecule has 0 aliphatic carbocycles. The molecule has 30 heavy (non-hydrogen) atoms. The van der Waals surface area contributed by atoms with Crippen LogP contribution in [-0.4, -0.2) is 32.0 Å². The first-order valence-corrected chi connectivity index (χ1v) is 10.6. The molecule has 0 radical (unpaired) electrons. The first kappa shape index (κ1) is 20.3. The summed E-state index contributed by atoms with van der Waals surface area (Å²) in [6.07, 6.45) is 5.83. The van der Waals surface area contributed by atoms with E-state index >= 15 is 0 Å². The minimum atomic E-state index is -0.185. The first-order chi connectivity index (χ1) is 14.5. The SMILES string of the molecule is CC(C)c1cccc(NC(=O)c2cncc(N3CCc4nc(SO)ncc4C3)c2)c1. The van der Waals surface area contributed by atoms with Gasteiger partial charge in [-0.2, -0.15) is 0 Å². The number of carbonyl (C=O) groups is 1. The van der Waals surface area contributed by atoms with E-state index < -0.39 is 0 Å². The van der Waals surface area contributed by atoms with Crippen LogP contribution >= 0.6 is 12.0 Å². The van der Waals surface area contributed by atoms with Crippen molar-refractivity contribution >= 4 is 29.3 Å². The van der Waals surface area contributed by atoms with Crippen LogP contribution in [0.15, 0.2) is 54.1 Å². The third kappa shape index (κ3) is 4.44. The average Bonchev–Trinajstić information content (AvgIpc) is 2.78. The van der Waals surface area contributed by atoms with Gasteiger partial charge in [-0.15, -0.1) is 0 Å². The van der Waals surface area contributed by atoms with Gasteiger partial charge in [0.05, 0.1) is 35.2 Å². The minimum absolute atomic E-state index is 0.185. The van der Waals surface area contributed by atoms with Gasteiger partial charge in [0.25, 0.3) is 5.91 Å². The van der Waals surface area contributed by atoms with Gasteiger partial charge in [-0.1, -0.05) is 26.0 Å². The molecule has 1 amide bonds. The molecule has 0 unspecified atom stereocenters. The Morgan fingerprint density at radius 3 is 2.90 bits per heavy atom. The molecule has 2 N–H and O–H groups in total. The van der Waals surface area contributed by atoms with Crippen LogP contribution in [0.25, 0.3) is 0 Å². The van der Waals surface area contributed by atoms with E-state index in [-0.39, 0.29) is 5.91 Å². The quantitative estimate of drug-likeness (QED) is 0.467. The number of rotatable bonds is 5. The van der Waals surface area contributed by atoms with E-state index in [1.165, 1.54) is 5.56 Å². The summed E-state index contributed by atoms with van der Waals surface area (Å²) in [5.41, 5.74) is 5.31. The maximum atomic E-state index is 12.8. The number of anilines is 2. The summed E-state index contributed by atoms with van der Waals surface area (Å²) in [7, 11) is 0. The van der Waals surface area contributed by atoms with E-state index in [0.29, 0.717) is 35.2 Å². The van der Waals surface area contributed by atoms with Crippen molar-refractivity contribution in [1.29, 1.82) is 0 Å². The van der Waals surface area contributed by atoms with Crippen molar-refractivity contribution in [2.75, 3.05) is 16.8 Å². The van der Waals surface area contributed by atoms with Crippen molar-refractivity contribution in [2.24, 2.45) is 0 Å². The van der Waals surface area contributed by atoms with Crippen molar-refractivity contribution in [3.63, 3.8) is 0 Å². The summed E-state index contributed by atoms with van der Waals surface area (Å²) >= 11 is 0.557. The largest absolute Gasteiger partial charge is 0.365 e. The average molecular weight is 422 g/mol. The zero-order chi connectivity index (χ0) is 21.1. The highest BCUT2D eigenvalue weighted by atomic mass is 32.2. The molecule has 8 heteroatoms. The molecule has 0 atom stereocenters. The Morgan fingerprint density at radius 1 is 1.23 bits per heavy atom. The van der Waals surface area contributed by atoms with Gasteiger partial charge in [-0.05, 0) is 29.7 Å². The number of carbonyl (C=O) groups excluding carboxylic acids is 1. The third-order valence-electron chi connectivity index (χ3n) is 5.16. The number of hydrogen-bond donors (Lipinski definition) is 2. The van der Waals surface area contributed by atoms with Gasteiger partial charge < -0.3 is 14.8 Å². The van der Waals surface area contributed by atoms with E-state index in [4.69, 9.17) is 4.55 Å². The number of nitrogens with one attached hydrogen (secondary N) is 1. The lowest BCUT2D eigenvalue weighted by Crippen LogP contribution is -2.31. The molecule has 1 aliphatic heterocycles. The van der Waals surface area contributed by atoms with Crippen LogP contribution in [0.1, 0.15) is 46.9 Å². The molecule has 1 aromatic carbocycles. The summed E-state index contributed by atoms with van der Waals surface area (Å²) in [4.78, 5) is 27.7. The Balaban J connectivity index is 1.50. The summed E-state index contributed by atoms with van der Waals surface area (Å²) < 4.78 is 9.13. The zero-order valence-corrected chi connectivity index (χ0v) is 17.7. The van der Waals surface area contributed by atoms with Crippen LogP contribution in [0, 0.1) is 0 Å². The fraction of sp³-hybridized carbons (Fsp3) is 0.273. The fourth-order valence-electron chi connectivity index (χ4n) is 3.47. The second-order valence-electron chi connectivity index (χ2n) is 7.55. The number of pyridine rings is 1. The Morgan fingerprint density at radius 2 is 2.10 bits per heavy atom. The summed E-state index contributed by atoms with van der Waals surface area (Å²) in [5, 5.41) is 3.33. The predicted molar refractivity (Wildman–Crippen MR) is 118 cm³/mol. The summed E-state index contributed by atoms with van der Waals surface area (Å²) in [6, 6.07) is 9.76. The van der Waals surface area contributed by atoms with E-state index in [2.05, 4.69) is 45.1 Å². The highest BCUT2D eigenvalue weighted by Gasteiger charge is 2.20. The molecule has 2 aromatic heterocycles. The maximum absolute atomic E-state index is 12.8. The van der Waals surface area contributed by atoms with Crippen molar-refractivity contribution in [3.05, 3.63) is 71.3 Å². The molecule has 0 saturated heterocycles. The fourth-order valence-corrected chi connectivity index (χ4v) is 3.72.